The highest BCUT2D eigenvalue weighted by atomic mass is 16.6. The van der Waals surface area contributed by atoms with Gasteiger partial charge in [-0.15, -0.1) is 0 Å². The first-order chi connectivity index (χ1) is 13.2. The minimum Gasteiger partial charge on any atom is -0.444 e. The summed E-state index contributed by atoms with van der Waals surface area (Å²) in [5, 5.41) is 6.54. The number of amides is 2. The van der Waals surface area contributed by atoms with Crippen LogP contribution in [0.4, 0.5) is 10.5 Å². The molecule has 0 radical (unpaired) electrons. The zero-order chi connectivity index (χ0) is 20.3. The lowest BCUT2D eigenvalue weighted by Crippen LogP contribution is -2.34. The summed E-state index contributed by atoms with van der Waals surface area (Å²) >= 11 is 0. The minimum atomic E-state index is -0.552. The topological polar surface area (TPSA) is 96.1 Å². The molecule has 0 aliphatic heterocycles. The molecular weight excluding hydrogens is 356 g/mol. The summed E-state index contributed by atoms with van der Waals surface area (Å²) in [5.74, 6) is -0.215. The third-order valence-corrected chi connectivity index (χ3v) is 4.11. The summed E-state index contributed by atoms with van der Waals surface area (Å²) in [6.07, 6.45) is 2.94. The molecular formula is C21H24N4O3. The quantitative estimate of drug-likeness (QED) is 0.625. The highest BCUT2D eigenvalue weighted by Gasteiger charge is 2.18. The van der Waals surface area contributed by atoms with Crippen LogP contribution in [0.25, 0.3) is 11.0 Å². The molecule has 7 nitrogen and oxygen atoms in total. The fourth-order valence-electron chi connectivity index (χ4n) is 2.76. The van der Waals surface area contributed by atoms with Gasteiger partial charge in [0.15, 0.2) is 0 Å². The molecule has 7 heteroatoms. The summed E-state index contributed by atoms with van der Waals surface area (Å²) in [6, 6.07) is 10.5. The summed E-state index contributed by atoms with van der Waals surface area (Å²) in [5.41, 5.74) is 2.26. The van der Waals surface area contributed by atoms with Crippen LogP contribution in [0.2, 0.25) is 0 Å². The Kier molecular flexibility index (Phi) is 5.35. The number of nitrogens with zero attached hydrogens (tertiary/aromatic N) is 1. The number of carbonyl (C=O) groups excluding carboxylic acids is 2. The molecule has 2 amide bonds. The maximum absolute atomic E-state index is 12.6. The van der Waals surface area contributed by atoms with Crippen molar-refractivity contribution in [2.45, 2.75) is 39.3 Å². The molecule has 0 saturated heterocycles. The number of pyridine rings is 1. The van der Waals surface area contributed by atoms with E-state index in [1.165, 1.54) is 0 Å². The van der Waals surface area contributed by atoms with Crippen LogP contribution in [0.15, 0.2) is 48.8 Å². The van der Waals surface area contributed by atoms with Crippen LogP contribution in [0.5, 0.6) is 0 Å². The molecule has 146 valence electrons. The lowest BCUT2D eigenvalue weighted by atomic mass is 10.1. The van der Waals surface area contributed by atoms with E-state index in [2.05, 4.69) is 20.6 Å². The van der Waals surface area contributed by atoms with Gasteiger partial charge in [0, 0.05) is 23.3 Å². The number of fused-ring (bicyclic) bond motifs is 1. The van der Waals surface area contributed by atoms with Crippen molar-refractivity contribution in [1.82, 2.24) is 15.3 Å². The highest BCUT2D eigenvalue weighted by molar-refractivity contribution is 6.08. The number of aromatic nitrogens is 2. The van der Waals surface area contributed by atoms with Gasteiger partial charge in [-0.2, -0.15) is 0 Å². The molecule has 0 aliphatic rings. The average molecular weight is 380 g/mol. The molecule has 0 fully saturated rings. The van der Waals surface area contributed by atoms with Gasteiger partial charge < -0.3 is 20.4 Å². The first kappa shape index (κ1) is 19.4. The summed E-state index contributed by atoms with van der Waals surface area (Å²) in [6.45, 7) is 7.30. The van der Waals surface area contributed by atoms with Crippen molar-refractivity contribution in [3.63, 3.8) is 0 Å². The van der Waals surface area contributed by atoms with Gasteiger partial charge in [-0.25, -0.2) is 9.78 Å². The van der Waals surface area contributed by atoms with E-state index in [4.69, 9.17) is 4.74 Å². The van der Waals surface area contributed by atoms with Crippen LogP contribution in [0.1, 0.15) is 49.7 Å². The molecule has 0 saturated carbocycles. The van der Waals surface area contributed by atoms with Crippen LogP contribution in [-0.4, -0.2) is 27.6 Å². The van der Waals surface area contributed by atoms with Crippen LogP contribution in [0, 0.1) is 0 Å². The Morgan fingerprint density at radius 3 is 2.50 bits per heavy atom. The van der Waals surface area contributed by atoms with Crippen LogP contribution in [0.3, 0.4) is 0 Å². The first-order valence-corrected chi connectivity index (χ1v) is 9.06. The average Bonchev–Trinajstić information content (AvgIpc) is 3.10. The van der Waals surface area contributed by atoms with Crippen LogP contribution < -0.4 is 10.6 Å². The number of nitrogens with one attached hydrogen (secondary N) is 3. The standard InChI is InChI=1S/C21H24N4O3/c1-13(24-20(27)28-21(2,3)4)14-5-7-15(8-6-14)19(26)25-17-10-12-23-18-16(17)9-11-22-18/h5-13H,1-4H3,(H,24,27)(H2,22,23,25,26)/t13-/m1/s1. The van der Waals surface area contributed by atoms with Gasteiger partial charge in [-0.1, -0.05) is 12.1 Å². The van der Waals surface area contributed by atoms with Gasteiger partial charge >= 0.3 is 6.09 Å². The second kappa shape index (κ2) is 7.72. The number of hydrogen-bond acceptors (Lipinski definition) is 4. The number of aromatic amines is 1. The fraction of sp³-hybridized carbons (Fsp3) is 0.286. The molecule has 1 atom stereocenters. The van der Waals surface area contributed by atoms with E-state index in [1.807, 2.05) is 45.9 Å². The van der Waals surface area contributed by atoms with Gasteiger partial charge in [0.05, 0.1) is 11.7 Å². The zero-order valence-electron chi connectivity index (χ0n) is 16.4. The van der Waals surface area contributed by atoms with E-state index in [-0.39, 0.29) is 11.9 Å². The first-order valence-electron chi connectivity index (χ1n) is 9.06. The molecule has 3 N–H and O–H groups in total. The maximum Gasteiger partial charge on any atom is 0.408 e. The Morgan fingerprint density at radius 2 is 1.82 bits per heavy atom. The Hall–Kier alpha value is -3.35. The Balaban J connectivity index is 1.66. The predicted molar refractivity (Wildman–Crippen MR) is 108 cm³/mol. The number of anilines is 1. The number of carbonyl (C=O) groups is 2. The lowest BCUT2D eigenvalue weighted by Gasteiger charge is -2.22. The Labute approximate surface area is 163 Å². The number of benzene rings is 1. The van der Waals surface area contributed by atoms with Crippen molar-refractivity contribution >= 4 is 28.7 Å². The SMILES string of the molecule is C[C@@H](NC(=O)OC(C)(C)C)c1ccc(C(=O)Nc2ccnc3[nH]ccc23)cc1. The Bertz CT molecular complexity index is 987. The number of alkyl carbamates (subject to hydrolysis) is 1. The zero-order valence-corrected chi connectivity index (χ0v) is 16.4. The molecule has 28 heavy (non-hydrogen) atoms. The monoisotopic (exact) mass is 380 g/mol. The predicted octanol–water partition coefficient (Wildman–Crippen LogP) is 4.40. The summed E-state index contributed by atoms with van der Waals surface area (Å²) in [7, 11) is 0. The summed E-state index contributed by atoms with van der Waals surface area (Å²) < 4.78 is 5.26. The fourth-order valence-corrected chi connectivity index (χ4v) is 2.76. The third-order valence-electron chi connectivity index (χ3n) is 4.11. The van der Waals surface area contributed by atoms with Crippen molar-refractivity contribution in [2.75, 3.05) is 5.32 Å². The van der Waals surface area contributed by atoms with Crippen molar-refractivity contribution in [3.8, 4) is 0 Å². The van der Waals surface area contributed by atoms with E-state index in [1.54, 1.807) is 30.6 Å². The van der Waals surface area contributed by atoms with Gasteiger partial charge in [0.2, 0.25) is 0 Å². The number of hydrogen-bond donors (Lipinski definition) is 3. The molecule has 0 unspecified atom stereocenters. The lowest BCUT2D eigenvalue weighted by molar-refractivity contribution is 0.0507. The molecule has 0 bridgehead atoms. The van der Waals surface area contributed by atoms with Gasteiger partial charge in [0.25, 0.3) is 5.91 Å². The molecule has 2 heterocycles. The highest BCUT2D eigenvalue weighted by Crippen LogP contribution is 2.21. The maximum atomic E-state index is 12.6. The van der Waals surface area contributed by atoms with Gasteiger partial charge in [0.1, 0.15) is 11.2 Å². The molecule has 0 spiro atoms. The van der Waals surface area contributed by atoms with E-state index in [0.29, 0.717) is 11.3 Å². The molecule has 0 aliphatic carbocycles. The van der Waals surface area contributed by atoms with E-state index in [0.717, 1.165) is 16.6 Å². The van der Waals surface area contributed by atoms with E-state index in [9.17, 15) is 9.59 Å². The molecule has 3 aromatic rings. The largest absolute Gasteiger partial charge is 0.444 e. The number of H-pyrrole nitrogens is 1. The van der Waals surface area contributed by atoms with Crippen molar-refractivity contribution in [3.05, 3.63) is 59.9 Å². The van der Waals surface area contributed by atoms with Gasteiger partial charge in [-0.05, 0) is 57.5 Å². The normalized spacial score (nSPS) is 12.4. The van der Waals surface area contributed by atoms with Crippen molar-refractivity contribution < 1.29 is 14.3 Å². The Morgan fingerprint density at radius 1 is 1.11 bits per heavy atom. The van der Waals surface area contributed by atoms with Gasteiger partial charge in [-0.3, -0.25) is 4.79 Å². The number of rotatable bonds is 4. The van der Waals surface area contributed by atoms with Crippen LogP contribution in [-0.2, 0) is 4.74 Å². The van der Waals surface area contributed by atoms with Crippen molar-refractivity contribution in [2.24, 2.45) is 0 Å². The number of ether oxygens (including phenoxy) is 1. The van der Waals surface area contributed by atoms with E-state index < -0.39 is 11.7 Å². The molecule has 3 rings (SSSR count). The second-order valence-electron chi connectivity index (χ2n) is 7.54. The van der Waals surface area contributed by atoms with Crippen LogP contribution >= 0.6 is 0 Å². The molecule has 2 aromatic heterocycles. The summed E-state index contributed by atoms with van der Waals surface area (Å²) in [4.78, 5) is 31.7. The molecule has 1 aromatic carbocycles. The third kappa shape index (κ3) is 4.68. The second-order valence-corrected chi connectivity index (χ2v) is 7.54. The minimum absolute atomic E-state index is 0.215. The smallest absolute Gasteiger partial charge is 0.408 e. The van der Waals surface area contributed by atoms with E-state index >= 15 is 0 Å². The van der Waals surface area contributed by atoms with Crippen molar-refractivity contribution in [1.29, 1.82) is 0 Å².